The first-order chi connectivity index (χ1) is 13.6. The molecule has 1 aromatic heterocycles. The molecule has 7 nitrogen and oxygen atoms in total. The molecule has 2 aliphatic rings. The average molecular weight is 424 g/mol. The Bertz CT molecular complexity index is 807. The number of rotatable bonds is 7. The molecule has 1 aromatic rings. The summed E-state index contributed by atoms with van der Waals surface area (Å²) in [6.07, 6.45) is 7.75. The fourth-order valence-electron chi connectivity index (χ4n) is 3.91. The summed E-state index contributed by atoms with van der Waals surface area (Å²) in [7, 11) is -3.14. The van der Waals surface area contributed by atoms with Crippen molar-refractivity contribution in [2.24, 2.45) is 5.92 Å². The van der Waals surface area contributed by atoms with Crippen LogP contribution in [0.4, 0.5) is 0 Å². The molecule has 3 heterocycles. The van der Waals surface area contributed by atoms with Crippen LogP contribution >= 0.6 is 0 Å². The Morgan fingerprint density at radius 3 is 2.48 bits per heavy atom. The number of β-amino-alcohol motifs (C(OH)–C–C–N with tert-alkyl or cyclic N) is 1. The molecule has 162 valence electrons. The number of nitrogens with zero attached hydrogens (tertiary/aromatic N) is 3. The minimum Gasteiger partial charge on any atom is -0.492 e. The minimum absolute atomic E-state index is 0.403. The lowest BCUT2D eigenvalue weighted by Gasteiger charge is -2.35. The summed E-state index contributed by atoms with van der Waals surface area (Å²) in [5.41, 5.74) is 1.31. The monoisotopic (exact) mass is 423 g/mol. The lowest BCUT2D eigenvalue weighted by atomic mass is 9.96. The van der Waals surface area contributed by atoms with Gasteiger partial charge in [-0.15, -0.1) is 0 Å². The standard InChI is InChI=1S/C21H33N3O4S/c1-21(2,25)16-23-10-6-17(7-11-23)15-28-19-4-5-20(22-14-19)18-8-12-24(13-9-18)29(3,26)27/h4-5,8,14,17,25H,6-7,9-13,15-16H2,1-3H3. The zero-order chi connectivity index (χ0) is 21.1. The van der Waals surface area contributed by atoms with E-state index in [9.17, 15) is 13.5 Å². The van der Waals surface area contributed by atoms with Crippen LogP contribution in [0.2, 0.25) is 0 Å². The Balaban J connectivity index is 1.45. The van der Waals surface area contributed by atoms with Gasteiger partial charge in [-0.3, -0.25) is 4.98 Å². The van der Waals surface area contributed by atoms with Gasteiger partial charge in [0.2, 0.25) is 10.0 Å². The van der Waals surface area contributed by atoms with Crippen molar-refractivity contribution >= 4 is 15.6 Å². The molecule has 0 bridgehead atoms. The summed E-state index contributed by atoms with van der Waals surface area (Å²) in [5, 5.41) is 9.95. The molecular weight excluding hydrogens is 390 g/mol. The molecule has 0 amide bonds. The first-order valence-electron chi connectivity index (χ1n) is 10.3. The summed E-state index contributed by atoms with van der Waals surface area (Å²) in [6.45, 7) is 7.99. The van der Waals surface area contributed by atoms with Crippen LogP contribution < -0.4 is 4.74 Å². The van der Waals surface area contributed by atoms with E-state index in [2.05, 4.69) is 9.88 Å². The minimum atomic E-state index is -3.14. The second-order valence-electron chi connectivity index (χ2n) is 8.82. The summed E-state index contributed by atoms with van der Waals surface area (Å²) >= 11 is 0. The highest BCUT2D eigenvalue weighted by molar-refractivity contribution is 7.88. The van der Waals surface area contributed by atoms with Crippen molar-refractivity contribution in [1.82, 2.24) is 14.2 Å². The van der Waals surface area contributed by atoms with Crippen molar-refractivity contribution in [3.63, 3.8) is 0 Å². The molecule has 29 heavy (non-hydrogen) atoms. The van der Waals surface area contributed by atoms with Crippen molar-refractivity contribution in [2.45, 2.75) is 38.7 Å². The van der Waals surface area contributed by atoms with Crippen LogP contribution in [0.3, 0.4) is 0 Å². The van der Waals surface area contributed by atoms with Crippen molar-refractivity contribution in [3.8, 4) is 5.75 Å². The summed E-state index contributed by atoms with van der Waals surface area (Å²) in [4.78, 5) is 6.82. The second-order valence-corrected chi connectivity index (χ2v) is 10.8. The highest BCUT2D eigenvalue weighted by atomic mass is 32.2. The van der Waals surface area contributed by atoms with Crippen LogP contribution in [0.1, 0.15) is 38.8 Å². The van der Waals surface area contributed by atoms with Crippen molar-refractivity contribution in [2.75, 3.05) is 45.6 Å². The molecule has 0 saturated carbocycles. The third-order valence-electron chi connectivity index (χ3n) is 5.51. The predicted molar refractivity (Wildman–Crippen MR) is 114 cm³/mol. The van der Waals surface area contributed by atoms with E-state index in [1.54, 1.807) is 6.20 Å². The quantitative estimate of drug-likeness (QED) is 0.722. The topological polar surface area (TPSA) is 83.0 Å². The highest BCUT2D eigenvalue weighted by Crippen LogP contribution is 2.24. The molecule has 0 aromatic carbocycles. The number of hydrogen-bond donors (Lipinski definition) is 1. The number of pyridine rings is 1. The fourth-order valence-corrected chi connectivity index (χ4v) is 4.68. The molecule has 1 fully saturated rings. The van der Waals surface area contributed by atoms with E-state index in [0.29, 0.717) is 38.6 Å². The Kier molecular flexibility index (Phi) is 6.98. The molecule has 0 atom stereocenters. The van der Waals surface area contributed by atoms with E-state index < -0.39 is 15.6 Å². The maximum absolute atomic E-state index is 11.6. The lowest BCUT2D eigenvalue weighted by molar-refractivity contribution is 0.0212. The predicted octanol–water partition coefficient (Wildman–Crippen LogP) is 1.99. The van der Waals surface area contributed by atoms with E-state index in [-0.39, 0.29) is 0 Å². The van der Waals surface area contributed by atoms with Gasteiger partial charge in [0.05, 0.1) is 30.4 Å². The van der Waals surface area contributed by atoms with Crippen LogP contribution in [-0.4, -0.2) is 78.9 Å². The summed E-state index contributed by atoms with van der Waals surface area (Å²) in [6, 6.07) is 3.89. The molecule has 0 aliphatic carbocycles. The summed E-state index contributed by atoms with van der Waals surface area (Å²) in [5.74, 6) is 1.29. The molecule has 1 N–H and O–H groups in total. The molecule has 1 saturated heterocycles. The number of sulfonamides is 1. The van der Waals surface area contributed by atoms with E-state index in [0.717, 1.165) is 42.9 Å². The second kappa shape index (κ2) is 9.12. The molecule has 0 radical (unpaired) electrons. The van der Waals surface area contributed by atoms with Gasteiger partial charge < -0.3 is 14.7 Å². The van der Waals surface area contributed by atoms with Crippen LogP contribution in [-0.2, 0) is 10.0 Å². The molecule has 8 heteroatoms. The molecule has 3 rings (SSSR count). The SMILES string of the molecule is CC(C)(O)CN1CCC(COc2ccc(C3=CCN(S(C)(=O)=O)CC3)nc2)CC1. The third kappa shape index (κ3) is 6.77. The van der Waals surface area contributed by atoms with E-state index in [1.807, 2.05) is 32.1 Å². The van der Waals surface area contributed by atoms with E-state index >= 15 is 0 Å². The zero-order valence-electron chi connectivity index (χ0n) is 17.7. The Morgan fingerprint density at radius 1 is 1.24 bits per heavy atom. The van der Waals surface area contributed by atoms with Crippen LogP contribution in [0.25, 0.3) is 5.57 Å². The first-order valence-corrected chi connectivity index (χ1v) is 12.1. The van der Waals surface area contributed by atoms with Gasteiger partial charge in [0, 0.05) is 19.6 Å². The lowest BCUT2D eigenvalue weighted by Crippen LogP contribution is -2.43. The van der Waals surface area contributed by atoms with Crippen LogP contribution in [0.5, 0.6) is 5.75 Å². The Hall–Kier alpha value is -1.48. The number of ether oxygens (including phenoxy) is 1. The molecule has 0 unspecified atom stereocenters. The van der Waals surface area contributed by atoms with Gasteiger partial charge in [0.25, 0.3) is 0 Å². The van der Waals surface area contributed by atoms with E-state index in [1.165, 1.54) is 10.6 Å². The summed E-state index contributed by atoms with van der Waals surface area (Å²) < 4.78 is 30.6. The zero-order valence-corrected chi connectivity index (χ0v) is 18.5. The van der Waals surface area contributed by atoms with Gasteiger partial charge in [-0.05, 0) is 69.8 Å². The van der Waals surface area contributed by atoms with Gasteiger partial charge in [0.15, 0.2) is 0 Å². The third-order valence-corrected chi connectivity index (χ3v) is 6.78. The smallest absolute Gasteiger partial charge is 0.211 e. The largest absolute Gasteiger partial charge is 0.492 e. The van der Waals surface area contributed by atoms with Gasteiger partial charge >= 0.3 is 0 Å². The van der Waals surface area contributed by atoms with Gasteiger partial charge in [-0.25, -0.2) is 8.42 Å². The Labute approximate surface area is 174 Å². The molecule has 0 spiro atoms. The van der Waals surface area contributed by atoms with Gasteiger partial charge in [-0.1, -0.05) is 6.08 Å². The number of hydrogen-bond acceptors (Lipinski definition) is 6. The van der Waals surface area contributed by atoms with Crippen molar-refractivity contribution in [1.29, 1.82) is 0 Å². The fraction of sp³-hybridized carbons (Fsp3) is 0.667. The highest BCUT2D eigenvalue weighted by Gasteiger charge is 2.24. The van der Waals surface area contributed by atoms with Crippen LogP contribution in [0, 0.1) is 5.92 Å². The maximum atomic E-state index is 11.6. The Morgan fingerprint density at radius 2 is 1.97 bits per heavy atom. The average Bonchev–Trinajstić information content (AvgIpc) is 2.66. The van der Waals surface area contributed by atoms with Crippen molar-refractivity contribution in [3.05, 3.63) is 30.1 Å². The van der Waals surface area contributed by atoms with E-state index in [4.69, 9.17) is 4.74 Å². The number of likely N-dealkylation sites (tertiary alicyclic amines) is 1. The molecule has 2 aliphatic heterocycles. The first kappa shape index (κ1) is 22.2. The van der Waals surface area contributed by atoms with Crippen molar-refractivity contribution < 1.29 is 18.3 Å². The number of piperidine rings is 1. The maximum Gasteiger partial charge on any atom is 0.211 e. The van der Waals surface area contributed by atoms with Gasteiger partial charge in [0.1, 0.15) is 5.75 Å². The number of aliphatic hydroxyl groups is 1. The molecular formula is C21H33N3O4S. The van der Waals surface area contributed by atoms with Gasteiger partial charge in [-0.2, -0.15) is 4.31 Å². The van der Waals surface area contributed by atoms with Crippen LogP contribution in [0.15, 0.2) is 24.4 Å². The number of aromatic nitrogens is 1. The normalized spacial score (nSPS) is 20.5.